The van der Waals surface area contributed by atoms with Gasteiger partial charge in [0.15, 0.2) is 0 Å². The average molecular weight is 310 g/mol. The molecule has 0 aliphatic heterocycles. The largest absolute Gasteiger partial charge is 0.351 e. The fourth-order valence-corrected chi connectivity index (χ4v) is 2.47. The minimum absolute atomic E-state index is 0.0511. The van der Waals surface area contributed by atoms with E-state index >= 15 is 0 Å². The van der Waals surface area contributed by atoms with E-state index in [1.807, 2.05) is 42.3 Å². The molecular formula is C20H26N2O. The highest BCUT2D eigenvalue weighted by Crippen LogP contribution is 2.15. The van der Waals surface area contributed by atoms with Gasteiger partial charge in [0.05, 0.1) is 6.54 Å². The van der Waals surface area contributed by atoms with Crippen LogP contribution in [0.15, 0.2) is 54.6 Å². The summed E-state index contributed by atoms with van der Waals surface area (Å²) in [6.45, 7) is 6.14. The lowest BCUT2D eigenvalue weighted by molar-refractivity contribution is -0.122. The van der Waals surface area contributed by atoms with E-state index in [1.54, 1.807) is 0 Å². The lowest BCUT2D eigenvalue weighted by Crippen LogP contribution is -2.34. The van der Waals surface area contributed by atoms with Crippen molar-refractivity contribution < 1.29 is 4.79 Å². The van der Waals surface area contributed by atoms with Crippen LogP contribution in [-0.2, 0) is 17.9 Å². The van der Waals surface area contributed by atoms with Gasteiger partial charge in [-0.1, -0.05) is 68.4 Å². The standard InChI is InChI=1S/C20H26N2O/c1-16(2)19-11-9-18(10-12-19)14-22(3)15-20(23)21-13-17-7-5-4-6-8-17/h4-12,16H,13-15H2,1-3H3,(H,21,23). The van der Waals surface area contributed by atoms with Gasteiger partial charge in [0.1, 0.15) is 0 Å². The van der Waals surface area contributed by atoms with Crippen LogP contribution in [-0.4, -0.2) is 24.4 Å². The van der Waals surface area contributed by atoms with Crippen LogP contribution in [0.25, 0.3) is 0 Å². The first kappa shape index (κ1) is 17.2. The molecule has 0 unspecified atom stereocenters. The third kappa shape index (κ3) is 5.87. The fourth-order valence-electron chi connectivity index (χ4n) is 2.47. The molecule has 0 spiro atoms. The Hall–Kier alpha value is -2.13. The highest BCUT2D eigenvalue weighted by Gasteiger charge is 2.07. The molecule has 23 heavy (non-hydrogen) atoms. The maximum absolute atomic E-state index is 12.0. The molecule has 0 aliphatic rings. The zero-order chi connectivity index (χ0) is 16.7. The Kier molecular flexibility index (Phi) is 6.36. The van der Waals surface area contributed by atoms with E-state index in [0.29, 0.717) is 19.0 Å². The van der Waals surface area contributed by atoms with Crippen LogP contribution in [0.2, 0.25) is 0 Å². The lowest BCUT2D eigenvalue weighted by Gasteiger charge is -2.17. The molecule has 0 radical (unpaired) electrons. The monoisotopic (exact) mass is 310 g/mol. The van der Waals surface area contributed by atoms with Gasteiger partial charge >= 0.3 is 0 Å². The van der Waals surface area contributed by atoms with Crippen molar-refractivity contribution in [3.8, 4) is 0 Å². The van der Waals surface area contributed by atoms with Crippen molar-refractivity contribution in [2.45, 2.75) is 32.9 Å². The van der Waals surface area contributed by atoms with E-state index in [-0.39, 0.29) is 5.91 Å². The molecule has 1 N–H and O–H groups in total. The Morgan fingerprint density at radius 1 is 1.00 bits per heavy atom. The van der Waals surface area contributed by atoms with Crippen molar-refractivity contribution in [2.75, 3.05) is 13.6 Å². The van der Waals surface area contributed by atoms with Crippen LogP contribution < -0.4 is 5.32 Å². The van der Waals surface area contributed by atoms with Crippen LogP contribution in [0.1, 0.15) is 36.5 Å². The molecule has 0 aliphatic carbocycles. The van der Waals surface area contributed by atoms with Gasteiger partial charge in [0.2, 0.25) is 5.91 Å². The highest BCUT2D eigenvalue weighted by molar-refractivity contribution is 5.77. The number of nitrogens with zero attached hydrogens (tertiary/aromatic N) is 1. The molecule has 0 heterocycles. The van der Waals surface area contributed by atoms with Gasteiger partial charge in [-0.15, -0.1) is 0 Å². The van der Waals surface area contributed by atoms with E-state index < -0.39 is 0 Å². The minimum atomic E-state index is 0.0511. The number of carbonyl (C=O) groups is 1. The highest BCUT2D eigenvalue weighted by atomic mass is 16.2. The van der Waals surface area contributed by atoms with Gasteiger partial charge in [-0.25, -0.2) is 0 Å². The van der Waals surface area contributed by atoms with E-state index in [9.17, 15) is 4.79 Å². The van der Waals surface area contributed by atoms with Crippen LogP contribution in [0, 0.1) is 0 Å². The number of carbonyl (C=O) groups excluding carboxylic acids is 1. The summed E-state index contributed by atoms with van der Waals surface area (Å²) in [7, 11) is 1.97. The van der Waals surface area contributed by atoms with Crippen molar-refractivity contribution in [1.29, 1.82) is 0 Å². The number of amides is 1. The summed E-state index contributed by atoms with van der Waals surface area (Å²) in [5, 5.41) is 2.96. The van der Waals surface area contributed by atoms with E-state index in [4.69, 9.17) is 0 Å². The molecule has 0 saturated heterocycles. The summed E-state index contributed by atoms with van der Waals surface area (Å²) < 4.78 is 0. The molecule has 3 nitrogen and oxygen atoms in total. The molecule has 1 amide bonds. The first-order valence-electron chi connectivity index (χ1n) is 8.12. The number of benzene rings is 2. The zero-order valence-corrected chi connectivity index (χ0v) is 14.3. The molecule has 0 fully saturated rings. The summed E-state index contributed by atoms with van der Waals surface area (Å²) in [4.78, 5) is 14.0. The predicted octanol–water partition coefficient (Wildman–Crippen LogP) is 3.56. The van der Waals surface area contributed by atoms with Crippen LogP contribution >= 0.6 is 0 Å². The summed E-state index contributed by atoms with van der Waals surface area (Å²) in [6, 6.07) is 18.6. The van der Waals surface area contributed by atoms with E-state index in [0.717, 1.165) is 12.1 Å². The predicted molar refractivity (Wildman–Crippen MR) is 95.2 cm³/mol. The smallest absolute Gasteiger partial charge is 0.234 e. The minimum Gasteiger partial charge on any atom is -0.351 e. The van der Waals surface area contributed by atoms with Crippen molar-refractivity contribution in [1.82, 2.24) is 10.2 Å². The summed E-state index contributed by atoms with van der Waals surface area (Å²) in [5.41, 5.74) is 3.69. The average Bonchev–Trinajstić information content (AvgIpc) is 2.54. The number of likely N-dealkylation sites (N-methyl/N-ethyl adjacent to an activating group) is 1. The van der Waals surface area contributed by atoms with Crippen molar-refractivity contribution in [3.05, 3.63) is 71.3 Å². The first-order chi connectivity index (χ1) is 11.0. The Morgan fingerprint density at radius 2 is 1.65 bits per heavy atom. The molecule has 0 saturated carbocycles. The van der Waals surface area contributed by atoms with Gasteiger partial charge < -0.3 is 5.32 Å². The number of hydrogen-bond acceptors (Lipinski definition) is 2. The summed E-state index contributed by atoms with van der Waals surface area (Å²) in [6.07, 6.45) is 0. The number of hydrogen-bond donors (Lipinski definition) is 1. The molecular weight excluding hydrogens is 284 g/mol. The zero-order valence-electron chi connectivity index (χ0n) is 14.3. The molecule has 2 rings (SSSR count). The molecule has 0 atom stereocenters. The Balaban J connectivity index is 1.77. The second-order valence-electron chi connectivity index (χ2n) is 6.33. The SMILES string of the molecule is CC(C)c1ccc(CN(C)CC(=O)NCc2ccccc2)cc1. The van der Waals surface area contributed by atoms with Crippen molar-refractivity contribution in [3.63, 3.8) is 0 Å². The first-order valence-corrected chi connectivity index (χ1v) is 8.12. The van der Waals surface area contributed by atoms with E-state index in [1.165, 1.54) is 11.1 Å². The van der Waals surface area contributed by atoms with Gasteiger partial charge in [-0.3, -0.25) is 9.69 Å². The van der Waals surface area contributed by atoms with Crippen LogP contribution in [0.5, 0.6) is 0 Å². The fraction of sp³-hybridized carbons (Fsp3) is 0.350. The Labute approximate surface area is 139 Å². The lowest BCUT2D eigenvalue weighted by atomic mass is 10.0. The second-order valence-corrected chi connectivity index (χ2v) is 6.33. The van der Waals surface area contributed by atoms with Gasteiger partial charge in [0.25, 0.3) is 0 Å². The molecule has 3 heteroatoms. The third-order valence-corrected chi connectivity index (χ3v) is 3.84. The third-order valence-electron chi connectivity index (χ3n) is 3.84. The molecule has 0 bridgehead atoms. The quantitative estimate of drug-likeness (QED) is 0.848. The molecule has 2 aromatic carbocycles. The molecule has 2 aromatic rings. The number of rotatable bonds is 7. The van der Waals surface area contributed by atoms with Gasteiger partial charge in [-0.2, -0.15) is 0 Å². The molecule has 122 valence electrons. The Morgan fingerprint density at radius 3 is 2.26 bits per heavy atom. The summed E-state index contributed by atoms with van der Waals surface area (Å²) >= 11 is 0. The topological polar surface area (TPSA) is 32.3 Å². The maximum Gasteiger partial charge on any atom is 0.234 e. The normalized spacial score (nSPS) is 11.0. The van der Waals surface area contributed by atoms with Crippen molar-refractivity contribution in [2.24, 2.45) is 0 Å². The Bertz CT molecular complexity index is 605. The van der Waals surface area contributed by atoms with E-state index in [2.05, 4.69) is 43.4 Å². The maximum atomic E-state index is 12.0. The van der Waals surface area contributed by atoms with Crippen LogP contribution in [0.4, 0.5) is 0 Å². The number of nitrogens with one attached hydrogen (secondary N) is 1. The summed E-state index contributed by atoms with van der Waals surface area (Å²) in [5.74, 6) is 0.598. The van der Waals surface area contributed by atoms with Gasteiger partial charge in [-0.05, 0) is 29.7 Å². The van der Waals surface area contributed by atoms with Gasteiger partial charge in [0, 0.05) is 13.1 Å². The van der Waals surface area contributed by atoms with Crippen molar-refractivity contribution >= 4 is 5.91 Å². The molecule has 0 aromatic heterocycles. The van der Waals surface area contributed by atoms with Crippen LogP contribution in [0.3, 0.4) is 0 Å². The second kappa shape index (κ2) is 8.49.